The molecule has 1 saturated heterocycles. The van der Waals surface area contributed by atoms with Gasteiger partial charge in [0, 0.05) is 32.2 Å². The molecule has 2 aromatic rings. The highest BCUT2D eigenvalue weighted by Gasteiger charge is 2.28. The Morgan fingerprint density at radius 1 is 1.29 bits per heavy atom. The number of nitrogens with one attached hydrogen (secondary N) is 1. The Bertz CT molecular complexity index is 820. The van der Waals surface area contributed by atoms with Gasteiger partial charge >= 0.3 is 0 Å². The molecule has 0 aliphatic carbocycles. The predicted molar refractivity (Wildman–Crippen MR) is 107 cm³/mol. The first-order valence-corrected chi connectivity index (χ1v) is 10.2. The number of hydrogen-bond donors (Lipinski definition) is 1. The smallest absolute Gasteiger partial charge is 0.230 e. The third kappa shape index (κ3) is 4.89. The molecule has 0 unspecified atom stereocenters. The Balaban J connectivity index is 1.53. The number of morpholine rings is 1. The van der Waals surface area contributed by atoms with E-state index >= 15 is 0 Å². The first kappa shape index (κ1) is 20.8. The maximum absolute atomic E-state index is 14.0. The summed E-state index contributed by atoms with van der Waals surface area (Å²) in [4.78, 5) is 14.6. The molecule has 28 heavy (non-hydrogen) atoms. The molecule has 9 heteroatoms. The molecule has 1 aliphatic heterocycles. The van der Waals surface area contributed by atoms with Crippen LogP contribution >= 0.6 is 11.8 Å². The van der Waals surface area contributed by atoms with Crippen LogP contribution in [0.1, 0.15) is 13.8 Å². The van der Waals surface area contributed by atoms with Crippen molar-refractivity contribution in [3.8, 4) is 11.4 Å². The molecule has 1 amide bonds. The number of hydrogen-bond acceptors (Lipinski definition) is 6. The average Bonchev–Trinajstić information content (AvgIpc) is 3.06. The number of amides is 1. The molecule has 0 saturated carbocycles. The topological polar surface area (TPSA) is 72.3 Å². The zero-order valence-electron chi connectivity index (χ0n) is 16.4. The Morgan fingerprint density at radius 2 is 2.00 bits per heavy atom. The maximum Gasteiger partial charge on any atom is 0.230 e. The fraction of sp³-hybridized carbons (Fsp3) is 0.526. The minimum atomic E-state index is -0.349. The molecule has 1 aliphatic rings. The van der Waals surface area contributed by atoms with Crippen LogP contribution in [0.25, 0.3) is 11.4 Å². The SMILES string of the molecule is Cn1c(SCC(=O)NCC(C)(C)N2CCOCC2)nnc1-c1ccccc1F. The van der Waals surface area contributed by atoms with Crippen molar-refractivity contribution in [2.24, 2.45) is 7.05 Å². The van der Waals surface area contributed by atoms with Crippen LogP contribution in [0, 0.1) is 5.82 Å². The molecule has 3 rings (SSSR count). The second kappa shape index (κ2) is 9.02. The maximum atomic E-state index is 14.0. The number of benzene rings is 1. The number of halogens is 1. The Kier molecular flexibility index (Phi) is 6.69. The molecule has 1 aromatic carbocycles. The lowest BCUT2D eigenvalue weighted by Crippen LogP contribution is -2.55. The molecule has 0 radical (unpaired) electrons. The Labute approximate surface area is 168 Å². The molecule has 152 valence electrons. The van der Waals surface area contributed by atoms with E-state index in [1.807, 2.05) is 0 Å². The molecular formula is C19H26FN5O2S. The number of carbonyl (C=O) groups excluding carboxylic acids is 1. The summed E-state index contributed by atoms with van der Waals surface area (Å²) < 4.78 is 21.1. The lowest BCUT2D eigenvalue weighted by molar-refractivity contribution is -0.119. The monoisotopic (exact) mass is 407 g/mol. The minimum Gasteiger partial charge on any atom is -0.379 e. The summed E-state index contributed by atoms with van der Waals surface area (Å²) in [6, 6.07) is 6.44. The average molecular weight is 408 g/mol. The standard InChI is InChI=1S/C19H26FN5O2S/c1-19(2,25-8-10-27-11-9-25)13-21-16(26)12-28-18-23-22-17(24(18)3)14-6-4-5-7-15(14)20/h4-7H,8-13H2,1-3H3,(H,21,26). The van der Waals surface area contributed by atoms with Crippen molar-refractivity contribution in [1.82, 2.24) is 25.0 Å². The highest BCUT2D eigenvalue weighted by Crippen LogP contribution is 2.24. The van der Waals surface area contributed by atoms with Gasteiger partial charge in [-0.1, -0.05) is 23.9 Å². The van der Waals surface area contributed by atoms with Gasteiger partial charge in [0.1, 0.15) is 5.82 Å². The van der Waals surface area contributed by atoms with Crippen LogP contribution < -0.4 is 5.32 Å². The minimum absolute atomic E-state index is 0.0678. The van der Waals surface area contributed by atoms with Gasteiger partial charge < -0.3 is 14.6 Å². The van der Waals surface area contributed by atoms with Gasteiger partial charge in [0.15, 0.2) is 11.0 Å². The van der Waals surface area contributed by atoms with E-state index in [1.54, 1.807) is 29.8 Å². The quantitative estimate of drug-likeness (QED) is 0.708. The van der Waals surface area contributed by atoms with Gasteiger partial charge in [0.2, 0.25) is 5.91 Å². The van der Waals surface area contributed by atoms with Crippen molar-refractivity contribution in [2.45, 2.75) is 24.5 Å². The number of thioether (sulfide) groups is 1. The predicted octanol–water partition coefficient (Wildman–Crippen LogP) is 1.94. The molecule has 1 fully saturated rings. The third-order valence-corrected chi connectivity index (χ3v) is 5.89. The van der Waals surface area contributed by atoms with E-state index in [0.29, 0.717) is 23.1 Å². The van der Waals surface area contributed by atoms with Crippen molar-refractivity contribution < 1.29 is 13.9 Å². The third-order valence-electron chi connectivity index (χ3n) is 4.87. The van der Waals surface area contributed by atoms with E-state index in [0.717, 1.165) is 26.3 Å². The van der Waals surface area contributed by atoms with Gasteiger partial charge in [-0.2, -0.15) is 0 Å². The van der Waals surface area contributed by atoms with Crippen LogP contribution in [0.3, 0.4) is 0 Å². The van der Waals surface area contributed by atoms with Gasteiger partial charge in [-0.3, -0.25) is 9.69 Å². The Morgan fingerprint density at radius 3 is 2.71 bits per heavy atom. The van der Waals surface area contributed by atoms with Crippen LogP contribution in [-0.4, -0.2) is 69.7 Å². The van der Waals surface area contributed by atoms with Crippen molar-refractivity contribution in [3.63, 3.8) is 0 Å². The van der Waals surface area contributed by atoms with Gasteiger partial charge in [-0.05, 0) is 26.0 Å². The fourth-order valence-electron chi connectivity index (χ4n) is 3.09. The zero-order valence-corrected chi connectivity index (χ0v) is 17.3. The van der Waals surface area contributed by atoms with E-state index in [-0.39, 0.29) is 23.0 Å². The number of nitrogens with zero attached hydrogens (tertiary/aromatic N) is 4. The summed E-state index contributed by atoms with van der Waals surface area (Å²) in [6.07, 6.45) is 0. The fourth-order valence-corrected chi connectivity index (χ4v) is 3.84. The molecule has 0 bridgehead atoms. The lowest BCUT2D eigenvalue weighted by atomic mass is 10.0. The van der Waals surface area contributed by atoms with Crippen LogP contribution in [0.15, 0.2) is 29.4 Å². The largest absolute Gasteiger partial charge is 0.379 e. The Hall–Kier alpha value is -1.97. The van der Waals surface area contributed by atoms with E-state index in [2.05, 4.69) is 34.3 Å². The van der Waals surface area contributed by atoms with Gasteiger partial charge in [0.25, 0.3) is 0 Å². The first-order chi connectivity index (χ1) is 13.4. The molecular weight excluding hydrogens is 381 g/mol. The molecule has 1 aromatic heterocycles. The summed E-state index contributed by atoms with van der Waals surface area (Å²) in [5, 5.41) is 11.7. The normalized spacial score (nSPS) is 15.6. The summed E-state index contributed by atoms with van der Waals surface area (Å²) >= 11 is 1.28. The first-order valence-electron chi connectivity index (χ1n) is 9.25. The van der Waals surface area contributed by atoms with Gasteiger partial charge in [-0.25, -0.2) is 4.39 Å². The highest BCUT2D eigenvalue weighted by atomic mass is 32.2. The van der Waals surface area contributed by atoms with Crippen LogP contribution in [0.5, 0.6) is 0 Å². The second-order valence-corrected chi connectivity index (χ2v) is 8.26. The van der Waals surface area contributed by atoms with Gasteiger partial charge in [0.05, 0.1) is 24.5 Å². The van der Waals surface area contributed by atoms with E-state index in [9.17, 15) is 9.18 Å². The number of rotatable bonds is 7. The summed E-state index contributed by atoms with van der Waals surface area (Å²) in [5.74, 6) is 0.247. The molecule has 0 spiro atoms. The molecule has 1 N–H and O–H groups in total. The summed E-state index contributed by atoms with van der Waals surface area (Å²) in [6.45, 7) is 7.99. The summed E-state index contributed by atoms with van der Waals surface area (Å²) in [7, 11) is 1.77. The van der Waals surface area contributed by atoms with Crippen LogP contribution in [0.2, 0.25) is 0 Å². The van der Waals surface area contributed by atoms with Crippen molar-refractivity contribution in [2.75, 3.05) is 38.6 Å². The molecule has 7 nitrogen and oxygen atoms in total. The summed E-state index contributed by atoms with van der Waals surface area (Å²) in [5.41, 5.74) is 0.258. The van der Waals surface area contributed by atoms with Crippen LogP contribution in [0.4, 0.5) is 4.39 Å². The van der Waals surface area contributed by atoms with E-state index < -0.39 is 0 Å². The highest BCUT2D eigenvalue weighted by molar-refractivity contribution is 7.99. The number of carbonyl (C=O) groups is 1. The lowest BCUT2D eigenvalue weighted by Gasteiger charge is -2.40. The van der Waals surface area contributed by atoms with Gasteiger partial charge in [-0.15, -0.1) is 10.2 Å². The zero-order chi connectivity index (χ0) is 20.1. The van der Waals surface area contributed by atoms with E-state index in [4.69, 9.17) is 4.74 Å². The molecule has 0 atom stereocenters. The molecule has 2 heterocycles. The number of ether oxygens (including phenoxy) is 1. The van der Waals surface area contributed by atoms with Crippen LogP contribution in [-0.2, 0) is 16.6 Å². The van der Waals surface area contributed by atoms with Crippen molar-refractivity contribution in [3.05, 3.63) is 30.1 Å². The van der Waals surface area contributed by atoms with E-state index in [1.165, 1.54) is 17.8 Å². The van der Waals surface area contributed by atoms with Crippen molar-refractivity contribution in [1.29, 1.82) is 0 Å². The second-order valence-electron chi connectivity index (χ2n) is 7.32. The number of aromatic nitrogens is 3. The van der Waals surface area contributed by atoms with Crippen molar-refractivity contribution >= 4 is 17.7 Å².